The maximum absolute atomic E-state index is 13.2. The van der Waals surface area contributed by atoms with Crippen LogP contribution < -0.4 is 0 Å². The van der Waals surface area contributed by atoms with Crippen LogP contribution in [0.3, 0.4) is 0 Å². The van der Waals surface area contributed by atoms with Gasteiger partial charge in [-0.05, 0) is 31.9 Å². The van der Waals surface area contributed by atoms with E-state index in [4.69, 9.17) is 9.26 Å². The Labute approximate surface area is 203 Å². The third kappa shape index (κ3) is 5.82. The predicted molar refractivity (Wildman–Crippen MR) is 130 cm³/mol. The molecule has 3 aromatic rings. The number of amides is 2. The van der Waals surface area contributed by atoms with Crippen LogP contribution in [0.4, 0.5) is 0 Å². The van der Waals surface area contributed by atoms with Crippen molar-refractivity contribution in [3.8, 4) is 0 Å². The number of carbonyl (C=O) groups excluding carboxylic acids is 2. The molecule has 0 spiro atoms. The van der Waals surface area contributed by atoms with Crippen LogP contribution in [-0.4, -0.2) is 64.0 Å². The number of rotatable bonds is 8. The number of hydrogen-bond donors (Lipinski definition) is 0. The first-order valence-electron chi connectivity index (χ1n) is 11.7. The zero-order chi connectivity index (χ0) is 24.2. The van der Waals surface area contributed by atoms with E-state index in [0.29, 0.717) is 45.0 Å². The van der Waals surface area contributed by atoms with Gasteiger partial charge in [0.1, 0.15) is 5.76 Å². The van der Waals surface area contributed by atoms with Gasteiger partial charge in [-0.2, -0.15) is 0 Å². The number of thiazole rings is 1. The van der Waals surface area contributed by atoms with E-state index in [-0.39, 0.29) is 24.5 Å². The second-order valence-corrected chi connectivity index (χ2v) is 10.4. The second-order valence-electron chi connectivity index (χ2n) is 9.28. The molecule has 1 aromatic carbocycles. The smallest absolute Gasteiger partial charge is 0.242 e. The van der Waals surface area contributed by atoms with Crippen molar-refractivity contribution in [1.29, 1.82) is 0 Å². The first kappa shape index (κ1) is 24.3. The molecule has 34 heavy (non-hydrogen) atoms. The normalized spacial score (nSPS) is 17.1. The van der Waals surface area contributed by atoms with Gasteiger partial charge in [-0.3, -0.25) is 9.59 Å². The van der Waals surface area contributed by atoms with Crippen LogP contribution in [0, 0.1) is 19.8 Å². The molecule has 0 aliphatic carbocycles. The maximum Gasteiger partial charge on any atom is 0.242 e. The first-order valence-corrected chi connectivity index (χ1v) is 12.5. The molecule has 3 heterocycles. The fourth-order valence-corrected chi connectivity index (χ4v) is 5.17. The van der Waals surface area contributed by atoms with Gasteiger partial charge in [-0.25, -0.2) is 4.98 Å². The number of aromatic nitrogens is 2. The summed E-state index contributed by atoms with van der Waals surface area (Å²) < 4.78 is 12.6. The number of para-hydroxylation sites is 1. The summed E-state index contributed by atoms with van der Waals surface area (Å²) in [5, 5.41) is 4.92. The third-order valence-corrected chi connectivity index (χ3v) is 7.10. The van der Waals surface area contributed by atoms with Crippen molar-refractivity contribution >= 4 is 33.4 Å². The Morgan fingerprint density at radius 3 is 2.76 bits per heavy atom. The lowest BCUT2D eigenvalue weighted by molar-refractivity contribution is -0.139. The van der Waals surface area contributed by atoms with Crippen LogP contribution in [0.5, 0.6) is 0 Å². The highest BCUT2D eigenvalue weighted by Crippen LogP contribution is 2.23. The van der Waals surface area contributed by atoms with E-state index >= 15 is 0 Å². The van der Waals surface area contributed by atoms with Crippen molar-refractivity contribution < 1.29 is 18.8 Å². The largest absolute Gasteiger partial charge is 0.370 e. The zero-order valence-corrected chi connectivity index (χ0v) is 21.1. The Bertz CT molecular complexity index is 1100. The number of ether oxygens (including phenoxy) is 1. The van der Waals surface area contributed by atoms with E-state index < -0.39 is 0 Å². The van der Waals surface area contributed by atoms with Crippen molar-refractivity contribution in [1.82, 2.24) is 19.9 Å². The van der Waals surface area contributed by atoms with Gasteiger partial charge in [0.15, 0.2) is 0 Å². The summed E-state index contributed by atoms with van der Waals surface area (Å²) in [6, 6.07) is 7.97. The van der Waals surface area contributed by atoms with Crippen LogP contribution in [0.15, 0.2) is 28.8 Å². The van der Waals surface area contributed by atoms with Gasteiger partial charge in [-0.1, -0.05) is 31.1 Å². The van der Waals surface area contributed by atoms with Gasteiger partial charge in [0, 0.05) is 38.0 Å². The molecule has 8 nitrogen and oxygen atoms in total. The highest BCUT2D eigenvalue weighted by Gasteiger charge is 2.31. The van der Waals surface area contributed by atoms with Crippen molar-refractivity contribution in [3.63, 3.8) is 0 Å². The van der Waals surface area contributed by atoms with Gasteiger partial charge in [-0.15, -0.1) is 11.3 Å². The topological polar surface area (TPSA) is 88.8 Å². The molecule has 1 aliphatic rings. The van der Waals surface area contributed by atoms with Crippen molar-refractivity contribution in [2.45, 2.75) is 53.2 Å². The van der Waals surface area contributed by atoms with Gasteiger partial charge in [0.2, 0.25) is 11.8 Å². The first-order chi connectivity index (χ1) is 16.3. The molecule has 1 atom stereocenters. The number of hydrogen-bond acceptors (Lipinski definition) is 7. The molecule has 182 valence electrons. The van der Waals surface area contributed by atoms with Crippen LogP contribution in [0.2, 0.25) is 0 Å². The highest BCUT2D eigenvalue weighted by atomic mass is 32.1. The minimum Gasteiger partial charge on any atom is -0.370 e. The fraction of sp³-hybridized carbons (Fsp3) is 0.520. The SMILES string of the molecule is Cc1noc(C)c1COC1CN(C(=O)CCc2nc3ccccc3s2)CC(=O)N(CC(C)C)C1. The van der Waals surface area contributed by atoms with Crippen molar-refractivity contribution in [2.75, 3.05) is 26.2 Å². The fourth-order valence-electron chi connectivity index (χ4n) is 4.20. The summed E-state index contributed by atoms with van der Waals surface area (Å²) in [5.74, 6) is 0.967. The van der Waals surface area contributed by atoms with E-state index in [1.807, 2.05) is 43.0 Å². The van der Waals surface area contributed by atoms with Crippen LogP contribution in [0.25, 0.3) is 10.2 Å². The van der Waals surface area contributed by atoms with Crippen molar-refractivity contribution in [3.05, 3.63) is 46.3 Å². The average molecular weight is 485 g/mol. The van der Waals surface area contributed by atoms with Crippen LogP contribution in [0.1, 0.15) is 42.3 Å². The van der Waals surface area contributed by atoms with Gasteiger partial charge < -0.3 is 19.1 Å². The monoisotopic (exact) mass is 484 g/mol. The van der Waals surface area contributed by atoms with E-state index in [1.165, 1.54) is 0 Å². The van der Waals surface area contributed by atoms with E-state index in [2.05, 4.69) is 24.0 Å². The molecule has 0 N–H and O–H groups in total. The minimum absolute atomic E-state index is 0.0366. The predicted octanol–water partition coefficient (Wildman–Crippen LogP) is 3.75. The standard InChI is InChI=1S/C25H32N4O4S/c1-16(2)11-28-12-19(32-15-20-17(3)27-33-18(20)4)13-29(14-25(28)31)24(30)10-9-23-26-21-7-5-6-8-22(21)34-23/h5-8,16,19H,9-15H2,1-4H3. The number of carbonyl (C=O) groups is 2. The lowest BCUT2D eigenvalue weighted by Crippen LogP contribution is -2.40. The van der Waals surface area contributed by atoms with Crippen LogP contribution >= 0.6 is 11.3 Å². The van der Waals surface area contributed by atoms with Gasteiger partial charge in [0.25, 0.3) is 0 Å². The molecule has 4 rings (SSSR count). The highest BCUT2D eigenvalue weighted by molar-refractivity contribution is 7.18. The number of benzene rings is 1. The van der Waals surface area contributed by atoms with Gasteiger partial charge in [0.05, 0.1) is 40.2 Å². The summed E-state index contributed by atoms with van der Waals surface area (Å²) in [5.41, 5.74) is 2.67. The summed E-state index contributed by atoms with van der Waals surface area (Å²) in [6.45, 7) is 9.80. The molecule has 2 amide bonds. The summed E-state index contributed by atoms with van der Waals surface area (Å²) >= 11 is 1.61. The molecule has 1 fully saturated rings. The Kier molecular flexibility index (Phi) is 7.63. The lowest BCUT2D eigenvalue weighted by atomic mass is 10.2. The molecule has 0 saturated carbocycles. The molecule has 1 unspecified atom stereocenters. The number of nitrogens with zero attached hydrogens (tertiary/aromatic N) is 4. The maximum atomic E-state index is 13.2. The second kappa shape index (κ2) is 10.7. The molecule has 9 heteroatoms. The molecule has 0 bridgehead atoms. The quantitative estimate of drug-likeness (QED) is 0.484. The average Bonchev–Trinajstić information content (AvgIpc) is 3.31. The van der Waals surface area contributed by atoms with Crippen molar-refractivity contribution in [2.24, 2.45) is 5.92 Å². The van der Waals surface area contributed by atoms with Gasteiger partial charge >= 0.3 is 0 Å². The van der Waals surface area contributed by atoms with Crippen LogP contribution in [-0.2, 0) is 27.4 Å². The van der Waals surface area contributed by atoms with E-state index in [0.717, 1.165) is 32.2 Å². The molecule has 0 radical (unpaired) electrons. The number of fused-ring (bicyclic) bond motifs is 1. The molecule has 1 saturated heterocycles. The molecular weight excluding hydrogens is 452 g/mol. The Balaban J connectivity index is 1.43. The summed E-state index contributed by atoms with van der Waals surface area (Å²) in [6.07, 6.45) is 0.585. The lowest BCUT2D eigenvalue weighted by Gasteiger charge is -2.26. The summed E-state index contributed by atoms with van der Waals surface area (Å²) in [4.78, 5) is 34.2. The third-order valence-electron chi connectivity index (χ3n) is 6.00. The minimum atomic E-state index is -0.287. The Morgan fingerprint density at radius 1 is 1.26 bits per heavy atom. The van der Waals surface area contributed by atoms with E-state index in [9.17, 15) is 9.59 Å². The van der Waals surface area contributed by atoms with E-state index in [1.54, 1.807) is 16.2 Å². The Hall–Kier alpha value is -2.78. The summed E-state index contributed by atoms with van der Waals surface area (Å²) in [7, 11) is 0. The molecule has 1 aliphatic heterocycles. The molecular formula is C25H32N4O4S. The zero-order valence-electron chi connectivity index (χ0n) is 20.2. The molecule has 2 aromatic heterocycles. The number of aryl methyl sites for hydroxylation is 3. The Morgan fingerprint density at radius 2 is 2.06 bits per heavy atom.